The number of hydrogen-bond acceptors (Lipinski definition) is 4. The smallest absolute Gasteiger partial charge is 0.0462 e. The molecule has 0 spiro atoms. The Bertz CT molecular complexity index is 3560. The molecule has 4 nitrogen and oxygen atoms in total. The van der Waals surface area contributed by atoms with E-state index >= 15 is 0 Å². The molecule has 0 amide bonds. The number of rotatable bonds is 13. The normalized spacial score (nSPS) is 12.2. The summed E-state index contributed by atoms with van der Waals surface area (Å²) in [5.41, 5.74) is 31.5. The minimum absolute atomic E-state index is 0.764. The zero-order valence-electron chi connectivity index (χ0n) is 42.6. The van der Waals surface area contributed by atoms with E-state index in [-0.39, 0.29) is 0 Å². The Morgan fingerprint density at radius 2 is 0.459 bits per heavy atom. The molecule has 0 saturated carbocycles. The van der Waals surface area contributed by atoms with Crippen molar-refractivity contribution in [3.8, 4) is 44.5 Å². The SMILES string of the molecule is CC1=CC=C(N(c2ccc(-c3ccc(C)cc3)cc2)c2ccc(-c3ccc(N(c4ccc(C)cc4)c4ccc(-c5ccc(N(c6ccc(C)cc6)c6ccc(-c7ccc(N)cc7)cc6)cc5)cc4)cc3)cc2)CC1. The monoisotopic (exact) mass is 956 g/mol. The van der Waals surface area contributed by atoms with E-state index < -0.39 is 0 Å². The maximum atomic E-state index is 5.98. The van der Waals surface area contributed by atoms with Crippen LogP contribution in [0.25, 0.3) is 44.5 Å². The lowest BCUT2D eigenvalue weighted by atomic mass is 10.00. The summed E-state index contributed by atoms with van der Waals surface area (Å²) in [6.45, 7) is 8.62. The Morgan fingerprint density at radius 3 is 0.716 bits per heavy atom. The van der Waals surface area contributed by atoms with Gasteiger partial charge in [-0.2, -0.15) is 0 Å². The highest BCUT2D eigenvalue weighted by Gasteiger charge is 2.19. The van der Waals surface area contributed by atoms with Crippen molar-refractivity contribution in [1.29, 1.82) is 0 Å². The third kappa shape index (κ3) is 10.3. The summed E-state index contributed by atoms with van der Waals surface area (Å²) in [7, 11) is 0. The second-order valence-corrected chi connectivity index (χ2v) is 19.6. The lowest BCUT2D eigenvalue weighted by Crippen LogP contribution is -2.17. The van der Waals surface area contributed by atoms with Crippen LogP contribution in [-0.2, 0) is 0 Å². The molecule has 1 aliphatic rings. The fourth-order valence-electron chi connectivity index (χ4n) is 9.92. The van der Waals surface area contributed by atoms with Crippen LogP contribution in [0.4, 0.5) is 51.2 Å². The van der Waals surface area contributed by atoms with Gasteiger partial charge in [-0.3, -0.25) is 0 Å². The first kappa shape index (κ1) is 47.2. The maximum absolute atomic E-state index is 5.98. The van der Waals surface area contributed by atoms with E-state index in [2.05, 4.69) is 285 Å². The van der Waals surface area contributed by atoms with Crippen LogP contribution in [0, 0.1) is 20.8 Å². The van der Waals surface area contributed by atoms with Crippen LogP contribution in [0.5, 0.6) is 0 Å². The van der Waals surface area contributed by atoms with Gasteiger partial charge in [-0.05, 0) is 200 Å². The first-order valence-electron chi connectivity index (χ1n) is 25.6. The minimum atomic E-state index is 0.764. The lowest BCUT2D eigenvalue weighted by molar-refractivity contribution is 0.875. The number of nitrogen functional groups attached to an aromatic ring is 1. The van der Waals surface area contributed by atoms with Crippen molar-refractivity contribution < 1.29 is 0 Å². The molecule has 0 aromatic heterocycles. The standard InChI is InChI=1S/C70H60N4/c1-49-5-13-53(14-6-49)55-17-37-65(38-18-55)72(62-31-7-50(2)8-32-62)67-41-21-57(22-42-67)59-25-45-69(46-26-59)74(64-35-11-52(4)12-36-64)70-47-27-60(28-48-70)58-23-43-68(44-24-58)73(63-33-9-51(3)10-34-63)66-39-19-56(20-40-66)54-15-29-61(71)30-16-54/h5-7,9-31,33-48H,8,32,71H2,1-4H3. The van der Waals surface area contributed by atoms with E-state index in [1.54, 1.807) is 0 Å². The molecule has 0 atom stereocenters. The topological polar surface area (TPSA) is 35.7 Å². The van der Waals surface area contributed by atoms with Crippen LogP contribution in [0.2, 0.25) is 0 Å². The van der Waals surface area contributed by atoms with Gasteiger partial charge in [0.25, 0.3) is 0 Å². The molecule has 1 aliphatic carbocycles. The van der Waals surface area contributed by atoms with E-state index in [1.165, 1.54) is 50.2 Å². The van der Waals surface area contributed by atoms with Crippen molar-refractivity contribution in [3.63, 3.8) is 0 Å². The van der Waals surface area contributed by atoms with E-state index in [0.29, 0.717) is 0 Å². The average Bonchev–Trinajstić information content (AvgIpc) is 3.44. The number of aryl methyl sites for hydroxylation is 3. The predicted molar refractivity (Wildman–Crippen MR) is 316 cm³/mol. The average molecular weight is 957 g/mol. The summed E-state index contributed by atoms with van der Waals surface area (Å²) in [6, 6.07) is 87.9. The first-order chi connectivity index (χ1) is 36.2. The van der Waals surface area contributed by atoms with Gasteiger partial charge in [0.1, 0.15) is 0 Å². The van der Waals surface area contributed by atoms with E-state index in [9.17, 15) is 0 Å². The van der Waals surface area contributed by atoms with Crippen molar-refractivity contribution in [2.24, 2.45) is 0 Å². The molecule has 0 aliphatic heterocycles. The molecule has 2 N–H and O–H groups in total. The van der Waals surface area contributed by atoms with Gasteiger partial charge in [0.15, 0.2) is 0 Å². The molecule has 0 radical (unpaired) electrons. The summed E-state index contributed by atoms with van der Waals surface area (Å²) in [4.78, 5) is 7.07. The number of hydrogen-bond donors (Lipinski definition) is 1. The van der Waals surface area contributed by atoms with Gasteiger partial charge >= 0.3 is 0 Å². The summed E-state index contributed by atoms with van der Waals surface area (Å²) < 4.78 is 0. The van der Waals surface area contributed by atoms with Gasteiger partial charge in [-0.15, -0.1) is 0 Å². The molecule has 10 aromatic rings. The summed E-state index contributed by atoms with van der Waals surface area (Å²) in [6.07, 6.45) is 6.61. The molecule has 0 bridgehead atoms. The van der Waals surface area contributed by atoms with Gasteiger partial charge < -0.3 is 20.4 Å². The van der Waals surface area contributed by atoms with Crippen LogP contribution in [0.3, 0.4) is 0 Å². The highest BCUT2D eigenvalue weighted by molar-refractivity contribution is 5.83. The number of nitrogens with two attached hydrogens (primary N) is 1. The molecule has 360 valence electrons. The molecule has 0 heterocycles. The summed E-state index contributed by atoms with van der Waals surface area (Å²) in [5.74, 6) is 0. The molecule has 10 aromatic carbocycles. The molecule has 74 heavy (non-hydrogen) atoms. The fourth-order valence-corrected chi connectivity index (χ4v) is 9.92. The number of nitrogens with zero attached hydrogens (tertiary/aromatic N) is 3. The van der Waals surface area contributed by atoms with Crippen molar-refractivity contribution in [3.05, 3.63) is 283 Å². The van der Waals surface area contributed by atoms with Gasteiger partial charge in [0.2, 0.25) is 0 Å². The van der Waals surface area contributed by atoms with Crippen molar-refractivity contribution in [1.82, 2.24) is 0 Å². The molecule has 0 unspecified atom stereocenters. The number of allylic oxidation sites excluding steroid dienone is 4. The molecule has 11 rings (SSSR count). The molecule has 0 fully saturated rings. The summed E-state index contributed by atoms with van der Waals surface area (Å²) in [5, 5.41) is 0. The second-order valence-electron chi connectivity index (χ2n) is 19.6. The van der Waals surface area contributed by atoms with Crippen LogP contribution in [-0.4, -0.2) is 0 Å². The van der Waals surface area contributed by atoms with Crippen molar-refractivity contribution in [2.45, 2.75) is 40.5 Å². The number of anilines is 9. The first-order valence-corrected chi connectivity index (χ1v) is 25.6. The molecular weight excluding hydrogens is 897 g/mol. The van der Waals surface area contributed by atoms with Crippen LogP contribution in [0.1, 0.15) is 36.5 Å². The Morgan fingerprint density at radius 1 is 0.243 bits per heavy atom. The lowest BCUT2D eigenvalue weighted by Gasteiger charge is -2.30. The quantitative estimate of drug-likeness (QED) is 0.117. The number of benzene rings is 10. The van der Waals surface area contributed by atoms with Crippen molar-refractivity contribution in [2.75, 3.05) is 20.4 Å². The van der Waals surface area contributed by atoms with E-state index in [0.717, 1.165) is 86.3 Å². The third-order valence-corrected chi connectivity index (χ3v) is 14.3. The Balaban J connectivity index is 0.842. The van der Waals surface area contributed by atoms with Gasteiger partial charge in [0, 0.05) is 56.9 Å². The minimum Gasteiger partial charge on any atom is -0.399 e. The van der Waals surface area contributed by atoms with Crippen LogP contribution < -0.4 is 20.4 Å². The summed E-state index contributed by atoms with van der Waals surface area (Å²) >= 11 is 0. The Hall–Kier alpha value is -9.12. The molecular formula is C70H60N4. The fraction of sp³-hybridized carbons (Fsp3) is 0.0857. The van der Waals surface area contributed by atoms with Crippen LogP contribution in [0.15, 0.2) is 266 Å². The van der Waals surface area contributed by atoms with Gasteiger partial charge in [0.05, 0.1) is 0 Å². The Labute approximate surface area is 437 Å². The molecule has 0 saturated heterocycles. The third-order valence-electron chi connectivity index (χ3n) is 14.3. The van der Waals surface area contributed by atoms with Gasteiger partial charge in [-0.25, -0.2) is 0 Å². The van der Waals surface area contributed by atoms with Gasteiger partial charge in [-0.1, -0.05) is 162 Å². The molecule has 4 heteroatoms. The van der Waals surface area contributed by atoms with Crippen LogP contribution >= 0.6 is 0 Å². The highest BCUT2D eigenvalue weighted by Crippen LogP contribution is 2.41. The zero-order chi connectivity index (χ0) is 50.5. The van der Waals surface area contributed by atoms with E-state index in [1.807, 2.05) is 12.1 Å². The zero-order valence-corrected chi connectivity index (χ0v) is 42.6. The highest BCUT2D eigenvalue weighted by atomic mass is 15.2. The van der Waals surface area contributed by atoms with E-state index in [4.69, 9.17) is 5.73 Å². The maximum Gasteiger partial charge on any atom is 0.0462 e. The largest absolute Gasteiger partial charge is 0.399 e. The predicted octanol–water partition coefficient (Wildman–Crippen LogP) is 19.6. The second kappa shape index (κ2) is 20.9. The Kier molecular flexibility index (Phi) is 13.3. The van der Waals surface area contributed by atoms with Crippen molar-refractivity contribution >= 4 is 51.2 Å².